The zero-order valence-corrected chi connectivity index (χ0v) is 14.7. The molecule has 2 aromatic heterocycles. The average molecular weight is 360 g/mol. The van der Waals surface area contributed by atoms with Gasteiger partial charge in [0.15, 0.2) is 0 Å². The molecule has 0 radical (unpaired) electrons. The number of imidazole rings is 1. The Balaban J connectivity index is 1.53. The summed E-state index contributed by atoms with van der Waals surface area (Å²) in [6, 6.07) is 15.6. The Morgan fingerprint density at radius 3 is 2.96 bits per heavy atom. The van der Waals surface area contributed by atoms with Crippen molar-refractivity contribution in [2.45, 2.75) is 6.42 Å². The van der Waals surface area contributed by atoms with Crippen molar-refractivity contribution < 1.29 is 4.74 Å². The van der Waals surface area contributed by atoms with E-state index in [4.69, 9.17) is 10.5 Å². The highest BCUT2D eigenvalue weighted by Crippen LogP contribution is 2.24. The fourth-order valence-corrected chi connectivity index (χ4v) is 2.74. The summed E-state index contributed by atoms with van der Waals surface area (Å²) in [7, 11) is 0. The van der Waals surface area contributed by atoms with Gasteiger partial charge >= 0.3 is 0 Å². The maximum absolute atomic E-state index is 5.68. The van der Waals surface area contributed by atoms with Crippen LogP contribution in [0.4, 0.5) is 11.6 Å². The van der Waals surface area contributed by atoms with Gasteiger partial charge in [-0.15, -0.1) is 0 Å². The van der Waals surface area contributed by atoms with Crippen molar-refractivity contribution >= 4 is 22.7 Å². The standard InChI is InChI=1S/C20H20N6O/c21-8-2-10-27-16-4-1-3-15(12-16)25-20-22-9-7-17(26-20)14-5-6-18-19(11-14)24-13-23-18/h1,3-7,9,11-13H,2,8,10,21H2,(H,23,24)(H,22,25,26). The summed E-state index contributed by atoms with van der Waals surface area (Å²) in [5.41, 5.74) is 10.1. The number of nitrogens with zero attached hydrogens (tertiary/aromatic N) is 3. The van der Waals surface area contributed by atoms with Crippen LogP contribution in [0.25, 0.3) is 22.3 Å². The monoisotopic (exact) mass is 360 g/mol. The van der Waals surface area contributed by atoms with E-state index in [1.807, 2.05) is 48.5 Å². The lowest BCUT2D eigenvalue weighted by atomic mass is 10.1. The van der Waals surface area contributed by atoms with E-state index in [1.54, 1.807) is 12.5 Å². The molecule has 0 fully saturated rings. The number of aromatic nitrogens is 4. The van der Waals surface area contributed by atoms with E-state index in [-0.39, 0.29) is 0 Å². The number of fused-ring (bicyclic) bond motifs is 1. The van der Waals surface area contributed by atoms with Crippen molar-refractivity contribution in [1.29, 1.82) is 0 Å². The molecular weight excluding hydrogens is 340 g/mol. The maximum atomic E-state index is 5.68. The molecule has 0 aliphatic heterocycles. The van der Waals surface area contributed by atoms with Gasteiger partial charge in [0, 0.05) is 23.5 Å². The Bertz CT molecular complexity index is 1050. The van der Waals surface area contributed by atoms with Crippen LogP contribution in [-0.2, 0) is 0 Å². The van der Waals surface area contributed by atoms with Crippen molar-refractivity contribution in [2.24, 2.45) is 5.73 Å². The van der Waals surface area contributed by atoms with Crippen molar-refractivity contribution in [2.75, 3.05) is 18.5 Å². The maximum Gasteiger partial charge on any atom is 0.227 e. The number of nitrogens with two attached hydrogens (primary N) is 1. The third kappa shape index (κ3) is 4.04. The molecule has 136 valence electrons. The second kappa shape index (κ2) is 7.84. The van der Waals surface area contributed by atoms with Crippen LogP contribution >= 0.6 is 0 Å². The van der Waals surface area contributed by atoms with Gasteiger partial charge in [-0.1, -0.05) is 12.1 Å². The number of hydrogen-bond donors (Lipinski definition) is 3. The fourth-order valence-electron chi connectivity index (χ4n) is 2.74. The number of hydrogen-bond acceptors (Lipinski definition) is 6. The van der Waals surface area contributed by atoms with Crippen molar-refractivity contribution in [3.8, 4) is 17.0 Å². The van der Waals surface area contributed by atoms with Crippen LogP contribution in [0.1, 0.15) is 6.42 Å². The first-order valence-electron chi connectivity index (χ1n) is 8.78. The molecule has 0 unspecified atom stereocenters. The SMILES string of the molecule is NCCCOc1cccc(Nc2nccc(-c3ccc4nc[nH]c4c3)n2)c1. The molecule has 0 amide bonds. The normalized spacial score (nSPS) is 10.9. The van der Waals surface area contributed by atoms with E-state index in [2.05, 4.69) is 25.3 Å². The first kappa shape index (κ1) is 17.0. The van der Waals surface area contributed by atoms with Crippen LogP contribution in [-0.4, -0.2) is 33.1 Å². The number of rotatable bonds is 7. The van der Waals surface area contributed by atoms with E-state index in [9.17, 15) is 0 Å². The Morgan fingerprint density at radius 2 is 2.04 bits per heavy atom. The molecule has 7 heteroatoms. The van der Waals surface area contributed by atoms with Gasteiger partial charge in [0.05, 0.1) is 29.7 Å². The Labute approximate surface area is 156 Å². The van der Waals surface area contributed by atoms with E-state index < -0.39 is 0 Å². The smallest absolute Gasteiger partial charge is 0.227 e. The zero-order chi connectivity index (χ0) is 18.5. The first-order chi connectivity index (χ1) is 13.3. The topological polar surface area (TPSA) is 102 Å². The minimum Gasteiger partial charge on any atom is -0.493 e. The molecule has 2 aromatic carbocycles. The highest BCUT2D eigenvalue weighted by Gasteiger charge is 2.06. The lowest BCUT2D eigenvalue weighted by molar-refractivity contribution is 0.313. The molecule has 27 heavy (non-hydrogen) atoms. The molecule has 0 aliphatic carbocycles. The number of anilines is 2. The molecule has 4 N–H and O–H groups in total. The summed E-state index contributed by atoms with van der Waals surface area (Å²) in [6.07, 6.45) is 4.25. The van der Waals surface area contributed by atoms with Gasteiger partial charge in [-0.25, -0.2) is 15.0 Å². The molecule has 0 saturated carbocycles. The van der Waals surface area contributed by atoms with Gasteiger partial charge in [0.2, 0.25) is 5.95 Å². The molecule has 2 heterocycles. The van der Waals surface area contributed by atoms with E-state index in [1.165, 1.54) is 0 Å². The van der Waals surface area contributed by atoms with Crippen LogP contribution < -0.4 is 15.8 Å². The lowest BCUT2D eigenvalue weighted by Crippen LogP contribution is -2.06. The largest absolute Gasteiger partial charge is 0.493 e. The predicted molar refractivity (Wildman–Crippen MR) is 106 cm³/mol. The van der Waals surface area contributed by atoms with Crippen LogP contribution in [0.5, 0.6) is 5.75 Å². The first-order valence-corrected chi connectivity index (χ1v) is 8.78. The molecule has 4 aromatic rings. The van der Waals surface area contributed by atoms with E-state index >= 15 is 0 Å². The van der Waals surface area contributed by atoms with Gasteiger partial charge in [-0.2, -0.15) is 0 Å². The van der Waals surface area contributed by atoms with Crippen LogP contribution in [0.15, 0.2) is 61.1 Å². The number of nitrogens with one attached hydrogen (secondary N) is 2. The third-order valence-electron chi connectivity index (χ3n) is 4.08. The van der Waals surface area contributed by atoms with Gasteiger partial charge in [0.25, 0.3) is 0 Å². The van der Waals surface area contributed by atoms with Gasteiger partial charge < -0.3 is 20.8 Å². The summed E-state index contributed by atoms with van der Waals surface area (Å²) in [6.45, 7) is 1.21. The summed E-state index contributed by atoms with van der Waals surface area (Å²) >= 11 is 0. The second-order valence-corrected chi connectivity index (χ2v) is 6.04. The van der Waals surface area contributed by atoms with E-state index in [0.717, 1.165) is 40.1 Å². The highest BCUT2D eigenvalue weighted by molar-refractivity contribution is 5.80. The molecule has 0 aliphatic rings. The van der Waals surface area contributed by atoms with Gasteiger partial charge in [-0.05, 0) is 43.3 Å². The number of ether oxygens (including phenoxy) is 1. The number of benzene rings is 2. The fraction of sp³-hybridized carbons (Fsp3) is 0.150. The van der Waals surface area contributed by atoms with E-state index in [0.29, 0.717) is 19.1 Å². The quantitative estimate of drug-likeness (QED) is 0.436. The molecule has 0 saturated heterocycles. The molecule has 0 bridgehead atoms. The van der Waals surface area contributed by atoms with Crippen molar-refractivity contribution in [1.82, 2.24) is 19.9 Å². The van der Waals surface area contributed by atoms with Crippen LogP contribution in [0.3, 0.4) is 0 Å². The van der Waals surface area contributed by atoms with Crippen LogP contribution in [0.2, 0.25) is 0 Å². The third-order valence-corrected chi connectivity index (χ3v) is 4.08. The van der Waals surface area contributed by atoms with Crippen LogP contribution in [0, 0.1) is 0 Å². The summed E-state index contributed by atoms with van der Waals surface area (Å²) in [5.74, 6) is 1.31. The minimum absolute atomic E-state index is 0.524. The Hall–Kier alpha value is -3.45. The summed E-state index contributed by atoms with van der Waals surface area (Å²) < 4.78 is 5.68. The molecule has 0 atom stereocenters. The van der Waals surface area contributed by atoms with Gasteiger partial charge in [0.1, 0.15) is 5.75 Å². The summed E-state index contributed by atoms with van der Waals surface area (Å²) in [5, 5.41) is 3.23. The van der Waals surface area contributed by atoms with Crippen molar-refractivity contribution in [3.63, 3.8) is 0 Å². The Kier molecular flexibility index (Phi) is 4.93. The molecular formula is C20H20N6O. The Morgan fingerprint density at radius 1 is 1.07 bits per heavy atom. The average Bonchev–Trinajstić information content (AvgIpc) is 3.17. The molecule has 4 rings (SSSR count). The molecule has 7 nitrogen and oxygen atoms in total. The second-order valence-electron chi connectivity index (χ2n) is 6.04. The summed E-state index contributed by atoms with van der Waals surface area (Å²) in [4.78, 5) is 16.3. The predicted octanol–water partition coefficient (Wildman–Crippen LogP) is 3.49. The zero-order valence-electron chi connectivity index (χ0n) is 14.7. The minimum atomic E-state index is 0.524. The number of H-pyrrole nitrogens is 1. The van der Waals surface area contributed by atoms with Crippen molar-refractivity contribution in [3.05, 3.63) is 61.1 Å². The highest BCUT2D eigenvalue weighted by atomic mass is 16.5. The van der Waals surface area contributed by atoms with Gasteiger partial charge in [-0.3, -0.25) is 0 Å². The lowest BCUT2D eigenvalue weighted by Gasteiger charge is -2.09. The molecule has 0 spiro atoms. The number of aromatic amines is 1.